The van der Waals surface area contributed by atoms with Gasteiger partial charge in [0.15, 0.2) is 0 Å². The van der Waals surface area contributed by atoms with E-state index >= 15 is 0 Å². The van der Waals surface area contributed by atoms with Crippen molar-refractivity contribution in [3.63, 3.8) is 0 Å². The zero-order valence-corrected chi connectivity index (χ0v) is 21.1. The lowest BCUT2D eigenvalue weighted by Gasteiger charge is -2.18. The summed E-state index contributed by atoms with van der Waals surface area (Å²) in [4.78, 5) is 0. The molecule has 0 nitrogen and oxygen atoms in total. The minimum Gasteiger partial charge on any atom is -0.0616 e. The van der Waals surface area contributed by atoms with E-state index in [1.165, 1.54) is 0 Å². The first kappa shape index (κ1) is 13.7. The van der Waals surface area contributed by atoms with Crippen molar-refractivity contribution in [2.24, 2.45) is 0 Å². The van der Waals surface area contributed by atoms with Gasteiger partial charge in [-0.15, -0.1) is 0 Å². The molecule has 0 aromatic heterocycles. The molecule has 0 aliphatic rings. The molecule has 0 atom stereocenters. The first-order valence-corrected chi connectivity index (χ1v) is 12.9. The summed E-state index contributed by atoms with van der Waals surface area (Å²) in [6.45, 7) is 0. The Kier molecular flexibility index (Phi) is 3.17. The summed E-state index contributed by atoms with van der Waals surface area (Å²) in [6.07, 6.45) is 0. The fourth-order valence-corrected chi connectivity index (χ4v) is 5.47. The molecule has 0 radical (unpaired) electrons. The molecular formula is C40H26. The smallest absolute Gasteiger partial charge is 0.0616 e. The SMILES string of the molecule is [2H]c1c([2H])c(-c2ccc3ccccc3c2)c([2H])c(-c2c3c([2H])c([2H])c([2H])c([2H])c3c(-c3ccc4ccccc4c3)c3c([2H])c([2H])c([2H])c([2H])c23)c1[2H]. The maximum Gasteiger partial charge on any atom is 0.0636 e. The average Bonchev–Trinajstić information content (AvgIpc) is 3.15. The van der Waals surface area contributed by atoms with Crippen LogP contribution in [0.1, 0.15) is 16.4 Å². The molecule has 0 bridgehead atoms. The second kappa shape index (κ2) is 9.22. The van der Waals surface area contributed by atoms with Crippen LogP contribution in [0.2, 0.25) is 0 Å². The van der Waals surface area contributed by atoms with Crippen LogP contribution in [0.5, 0.6) is 0 Å². The number of benzene rings is 8. The Morgan fingerprint density at radius 3 is 1.38 bits per heavy atom. The average molecular weight is 519 g/mol. The standard InChI is InChI=1S/C40H26/c1-3-12-29-24-32(22-20-27(29)10-1)31-14-9-15-33(26-31)39-35-16-5-7-18-37(35)40(38-19-8-6-17-36(38)39)34-23-21-28-11-2-4-13-30(28)25-34/h1-26H/i5D,6D,7D,8D,9D,14D,15D,16D,17D,18D,19D,26D. The Labute approximate surface area is 250 Å². The topological polar surface area (TPSA) is 0 Å². The highest BCUT2D eigenvalue weighted by Crippen LogP contribution is 2.44. The molecule has 0 fully saturated rings. The highest BCUT2D eigenvalue weighted by molar-refractivity contribution is 6.21. The van der Waals surface area contributed by atoms with Gasteiger partial charge in [0.2, 0.25) is 0 Å². The molecule has 0 aliphatic carbocycles. The van der Waals surface area contributed by atoms with Gasteiger partial charge in [0.05, 0.1) is 16.4 Å². The molecule has 0 heterocycles. The lowest BCUT2D eigenvalue weighted by Crippen LogP contribution is -1.91. The van der Waals surface area contributed by atoms with Crippen LogP contribution in [0, 0.1) is 0 Å². The molecule has 8 aromatic rings. The highest BCUT2D eigenvalue weighted by Gasteiger charge is 2.17. The summed E-state index contributed by atoms with van der Waals surface area (Å²) in [5.41, 5.74) is 0.525. The summed E-state index contributed by atoms with van der Waals surface area (Å²) < 4.78 is 108. The van der Waals surface area contributed by atoms with Crippen LogP contribution >= 0.6 is 0 Å². The van der Waals surface area contributed by atoms with Crippen LogP contribution in [0.25, 0.3) is 76.5 Å². The molecule has 0 spiro atoms. The molecule has 0 amide bonds. The highest BCUT2D eigenvalue weighted by atomic mass is 14.2. The third-order valence-electron chi connectivity index (χ3n) is 7.33. The summed E-state index contributed by atoms with van der Waals surface area (Å²) >= 11 is 0. The zero-order chi connectivity index (χ0) is 36.9. The fourth-order valence-electron chi connectivity index (χ4n) is 5.47. The van der Waals surface area contributed by atoms with Crippen molar-refractivity contribution in [2.45, 2.75) is 0 Å². The normalized spacial score (nSPS) is 15.7. The van der Waals surface area contributed by atoms with E-state index in [1.807, 2.05) is 60.7 Å². The lowest BCUT2D eigenvalue weighted by atomic mass is 9.85. The van der Waals surface area contributed by atoms with Crippen molar-refractivity contribution in [2.75, 3.05) is 0 Å². The molecule has 8 aromatic carbocycles. The maximum absolute atomic E-state index is 9.60. The van der Waals surface area contributed by atoms with Crippen LogP contribution in [0.3, 0.4) is 0 Å². The molecule has 0 unspecified atom stereocenters. The van der Waals surface area contributed by atoms with Gasteiger partial charge in [0.25, 0.3) is 0 Å². The lowest BCUT2D eigenvalue weighted by molar-refractivity contribution is 1.63. The van der Waals surface area contributed by atoms with E-state index < -0.39 is 60.4 Å². The van der Waals surface area contributed by atoms with Crippen molar-refractivity contribution in [1.82, 2.24) is 0 Å². The number of hydrogen-bond acceptors (Lipinski definition) is 0. The molecule has 8 rings (SSSR count). The summed E-state index contributed by atoms with van der Waals surface area (Å²) in [6, 6.07) is 19.4. The Bertz CT molecular complexity index is 2800. The van der Waals surface area contributed by atoms with Gasteiger partial charge in [-0.25, -0.2) is 0 Å². The Morgan fingerprint density at radius 1 is 0.350 bits per heavy atom. The molecular weight excluding hydrogens is 480 g/mol. The van der Waals surface area contributed by atoms with Crippen LogP contribution in [0.15, 0.2) is 157 Å². The van der Waals surface area contributed by atoms with Gasteiger partial charge in [-0.05, 0) is 94.6 Å². The summed E-state index contributed by atoms with van der Waals surface area (Å²) in [7, 11) is 0. The monoisotopic (exact) mass is 518 g/mol. The van der Waals surface area contributed by atoms with Gasteiger partial charge in [-0.2, -0.15) is 0 Å². The van der Waals surface area contributed by atoms with E-state index in [-0.39, 0.29) is 55.9 Å². The first-order chi connectivity index (χ1) is 24.8. The number of hydrogen-bond donors (Lipinski definition) is 0. The van der Waals surface area contributed by atoms with E-state index in [0.717, 1.165) is 21.5 Å². The van der Waals surface area contributed by atoms with E-state index in [9.17, 15) is 8.22 Å². The molecule has 0 N–H and O–H groups in total. The van der Waals surface area contributed by atoms with Gasteiger partial charge in [0.1, 0.15) is 0 Å². The molecule has 186 valence electrons. The maximum atomic E-state index is 9.60. The molecule has 0 saturated heterocycles. The predicted octanol–water partition coefficient (Wildman–Crippen LogP) is 11.3. The van der Waals surface area contributed by atoms with Crippen molar-refractivity contribution in [1.29, 1.82) is 0 Å². The Balaban J connectivity index is 1.65. The zero-order valence-electron chi connectivity index (χ0n) is 33.1. The molecule has 0 saturated carbocycles. The largest absolute Gasteiger partial charge is 0.0636 e. The van der Waals surface area contributed by atoms with Crippen molar-refractivity contribution < 1.29 is 16.4 Å². The first-order valence-electron chi connectivity index (χ1n) is 18.9. The van der Waals surface area contributed by atoms with Crippen LogP contribution < -0.4 is 0 Å². The van der Waals surface area contributed by atoms with E-state index in [0.29, 0.717) is 11.1 Å². The summed E-state index contributed by atoms with van der Waals surface area (Å²) in [5.74, 6) is 0. The van der Waals surface area contributed by atoms with Gasteiger partial charge in [-0.1, -0.05) is 139 Å². The van der Waals surface area contributed by atoms with E-state index in [4.69, 9.17) is 8.22 Å². The Morgan fingerprint density at radius 2 is 0.800 bits per heavy atom. The predicted molar refractivity (Wildman–Crippen MR) is 173 cm³/mol. The van der Waals surface area contributed by atoms with Crippen LogP contribution in [0.4, 0.5) is 0 Å². The van der Waals surface area contributed by atoms with Crippen LogP contribution in [-0.4, -0.2) is 0 Å². The quantitative estimate of drug-likeness (QED) is 0.204. The second-order valence-electron chi connectivity index (χ2n) is 9.62. The summed E-state index contributed by atoms with van der Waals surface area (Å²) in [5, 5.41) is 2.96. The van der Waals surface area contributed by atoms with Gasteiger partial charge in [0, 0.05) is 0 Å². The van der Waals surface area contributed by atoms with Gasteiger partial charge >= 0.3 is 0 Å². The second-order valence-corrected chi connectivity index (χ2v) is 9.62. The van der Waals surface area contributed by atoms with Crippen molar-refractivity contribution in [3.05, 3.63) is 157 Å². The molecule has 0 aliphatic heterocycles. The fraction of sp³-hybridized carbons (Fsp3) is 0. The molecule has 40 heavy (non-hydrogen) atoms. The number of fused-ring (bicyclic) bond motifs is 4. The minimum atomic E-state index is -0.612. The van der Waals surface area contributed by atoms with Gasteiger partial charge < -0.3 is 0 Å². The van der Waals surface area contributed by atoms with Crippen molar-refractivity contribution >= 4 is 43.1 Å². The van der Waals surface area contributed by atoms with E-state index in [1.54, 1.807) is 24.3 Å². The van der Waals surface area contributed by atoms with Crippen LogP contribution in [-0.2, 0) is 0 Å². The minimum absolute atomic E-state index is 0.00308. The van der Waals surface area contributed by atoms with E-state index in [2.05, 4.69) is 0 Å². The van der Waals surface area contributed by atoms with Gasteiger partial charge in [-0.3, -0.25) is 0 Å². The Hall–Kier alpha value is -5.20. The molecule has 0 heteroatoms. The third-order valence-corrected chi connectivity index (χ3v) is 7.33. The van der Waals surface area contributed by atoms with Crippen molar-refractivity contribution in [3.8, 4) is 33.4 Å². The third kappa shape index (κ3) is 3.69. The number of rotatable bonds is 3.